The standard InChI is InChI=1S/C78H145N2O6P/c1-6-8-10-12-14-16-18-20-22-24-26-28-30-32-34-36-37-38-39-40-41-42-43-44-46-48-50-52-54-56-58-60-62-64-66-68-70-72-78(82)79-76(75-86-87(83,84)85-74-73-80(3,4)5)77(81)71-69-67-65-63-61-59-57-55-53-51-49-47-45-35-33-31-29-27-25-23-21-19-17-15-13-11-9-7-2/h8,10,14,16,20,22,26,28,32,34,61,63,69,71,76-77,81H,6-7,9,11-13,15,17-19,21,23-25,27,29-31,33,35-60,62,64-68,70,72-75H2,1-5H3,(H-,79,82,83,84)/b10-8-,16-14-,22-20-,28-26-,34-32-,63-61+,71-69+. The van der Waals surface area contributed by atoms with E-state index in [0.29, 0.717) is 17.4 Å². The van der Waals surface area contributed by atoms with E-state index in [-0.39, 0.29) is 12.5 Å². The van der Waals surface area contributed by atoms with E-state index >= 15 is 0 Å². The lowest BCUT2D eigenvalue weighted by Gasteiger charge is -2.29. The number of hydrogen-bond donors (Lipinski definition) is 2. The van der Waals surface area contributed by atoms with E-state index in [2.05, 4.69) is 92.1 Å². The highest BCUT2D eigenvalue weighted by Crippen LogP contribution is 2.38. The average molecular weight is 1240 g/mol. The molecule has 8 nitrogen and oxygen atoms in total. The van der Waals surface area contributed by atoms with Crippen LogP contribution >= 0.6 is 7.82 Å². The Morgan fingerprint density at radius 3 is 1.07 bits per heavy atom. The predicted molar refractivity (Wildman–Crippen MR) is 380 cm³/mol. The Bertz CT molecular complexity index is 1700. The van der Waals surface area contributed by atoms with Gasteiger partial charge in [-0.3, -0.25) is 9.36 Å². The van der Waals surface area contributed by atoms with Crippen LogP contribution in [-0.2, 0) is 18.4 Å². The van der Waals surface area contributed by atoms with Gasteiger partial charge in [0.15, 0.2) is 0 Å². The fourth-order valence-electron chi connectivity index (χ4n) is 11.1. The highest BCUT2D eigenvalue weighted by atomic mass is 31.2. The van der Waals surface area contributed by atoms with Gasteiger partial charge in [0, 0.05) is 6.42 Å². The fourth-order valence-corrected chi connectivity index (χ4v) is 11.8. The monoisotopic (exact) mass is 1240 g/mol. The van der Waals surface area contributed by atoms with Crippen molar-refractivity contribution < 1.29 is 32.9 Å². The number of likely N-dealkylation sites (N-methyl/N-ethyl adjacent to an activating group) is 1. The molecule has 0 aromatic carbocycles. The Labute approximate surface area is 541 Å². The van der Waals surface area contributed by atoms with Crippen molar-refractivity contribution in [2.75, 3.05) is 40.9 Å². The van der Waals surface area contributed by atoms with Crippen LogP contribution in [0.25, 0.3) is 0 Å². The molecule has 0 radical (unpaired) electrons. The van der Waals surface area contributed by atoms with Gasteiger partial charge in [-0.25, -0.2) is 0 Å². The first kappa shape index (κ1) is 84.7. The minimum atomic E-state index is -4.62. The van der Waals surface area contributed by atoms with Crippen molar-refractivity contribution in [3.63, 3.8) is 0 Å². The molecule has 3 atom stereocenters. The number of phosphoric ester groups is 1. The summed E-state index contributed by atoms with van der Waals surface area (Å²) in [4.78, 5) is 25.7. The van der Waals surface area contributed by atoms with Gasteiger partial charge in [-0.1, -0.05) is 356 Å². The molecule has 0 aliphatic heterocycles. The van der Waals surface area contributed by atoms with Crippen molar-refractivity contribution in [3.8, 4) is 0 Å². The van der Waals surface area contributed by atoms with Crippen molar-refractivity contribution >= 4 is 13.7 Å². The Balaban J connectivity index is 4.02. The van der Waals surface area contributed by atoms with Gasteiger partial charge < -0.3 is 28.8 Å². The summed E-state index contributed by atoms with van der Waals surface area (Å²) in [6, 6.07) is -0.907. The van der Waals surface area contributed by atoms with Gasteiger partial charge in [-0.05, 0) is 77.0 Å². The Morgan fingerprint density at radius 2 is 0.713 bits per heavy atom. The number of aliphatic hydroxyl groups excluding tert-OH is 1. The zero-order valence-electron chi connectivity index (χ0n) is 58.2. The van der Waals surface area contributed by atoms with Crippen molar-refractivity contribution in [2.24, 2.45) is 0 Å². The van der Waals surface area contributed by atoms with E-state index in [9.17, 15) is 19.4 Å². The Kier molecular flexibility index (Phi) is 66.2. The summed E-state index contributed by atoms with van der Waals surface area (Å²) in [5, 5.41) is 14.0. The van der Waals surface area contributed by atoms with E-state index in [1.807, 2.05) is 27.2 Å². The molecule has 0 aliphatic rings. The molecule has 0 aromatic heterocycles. The molecule has 1 amide bonds. The number of nitrogens with one attached hydrogen (secondary N) is 1. The maximum Gasteiger partial charge on any atom is 0.268 e. The highest BCUT2D eigenvalue weighted by Gasteiger charge is 2.23. The van der Waals surface area contributed by atoms with Crippen LogP contribution in [0.1, 0.15) is 354 Å². The smallest absolute Gasteiger partial charge is 0.268 e. The SMILES string of the molecule is CC/C=C\C/C=C\C/C=C\C/C=C\C/C=C\CCCCCCCCCCCCCCCCCCCCCCCC(=O)NC(COP(=O)([O-])OCC[N+](C)(C)C)C(O)/C=C/CC/C=C/CCCCCCCCCCCCCCCCCCCCCCCC. The topological polar surface area (TPSA) is 108 Å². The van der Waals surface area contributed by atoms with Gasteiger partial charge in [0.05, 0.1) is 39.9 Å². The number of aliphatic hydroxyl groups is 1. The van der Waals surface area contributed by atoms with E-state index < -0.39 is 26.6 Å². The van der Waals surface area contributed by atoms with Crippen LogP contribution < -0.4 is 10.2 Å². The third-order valence-electron chi connectivity index (χ3n) is 16.8. The largest absolute Gasteiger partial charge is 0.756 e. The van der Waals surface area contributed by atoms with E-state index in [1.54, 1.807) is 6.08 Å². The van der Waals surface area contributed by atoms with E-state index in [1.165, 1.54) is 263 Å². The van der Waals surface area contributed by atoms with Crippen LogP contribution in [0.4, 0.5) is 0 Å². The number of phosphoric acid groups is 1. The molecular weight excluding hydrogens is 1090 g/mol. The molecule has 0 bridgehead atoms. The van der Waals surface area contributed by atoms with Crippen LogP contribution in [0.3, 0.4) is 0 Å². The average Bonchev–Trinajstić information content (AvgIpc) is 3.70. The Morgan fingerprint density at radius 1 is 0.414 bits per heavy atom. The molecule has 2 N–H and O–H groups in total. The summed E-state index contributed by atoms with van der Waals surface area (Å²) < 4.78 is 23.5. The number of allylic oxidation sites excluding steroid dienone is 13. The maximum atomic E-state index is 13.1. The molecule has 0 heterocycles. The first-order chi connectivity index (χ1) is 42.5. The number of unbranched alkanes of at least 4 members (excludes halogenated alkanes) is 44. The minimum absolute atomic E-state index is 0.00679. The Hall–Kier alpha value is -2.32. The zero-order valence-corrected chi connectivity index (χ0v) is 59.1. The number of hydrogen-bond acceptors (Lipinski definition) is 6. The summed E-state index contributed by atoms with van der Waals surface area (Å²) in [6.45, 7) is 4.56. The van der Waals surface area contributed by atoms with Crippen LogP contribution in [0.15, 0.2) is 85.1 Å². The summed E-state index contributed by atoms with van der Waals surface area (Å²) >= 11 is 0. The minimum Gasteiger partial charge on any atom is -0.756 e. The number of rotatable bonds is 69. The lowest BCUT2D eigenvalue weighted by molar-refractivity contribution is -0.870. The van der Waals surface area contributed by atoms with Gasteiger partial charge in [-0.15, -0.1) is 0 Å². The van der Waals surface area contributed by atoms with E-state index in [4.69, 9.17) is 9.05 Å². The summed E-state index contributed by atoms with van der Waals surface area (Å²) in [7, 11) is 1.25. The van der Waals surface area contributed by atoms with Crippen LogP contribution in [0, 0.1) is 0 Å². The zero-order chi connectivity index (χ0) is 63.4. The summed E-state index contributed by atoms with van der Waals surface area (Å²) in [5.74, 6) is -0.202. The first-order valence-electron chi connectivity index (χ1n) is 37.4. The van der Waals surface area contributed by atoms with E-state index in [0.717, 1.165) is 70.6 Å². The molecule has 0 saturated carbocycles. The molecule has 0 spiro atoms. The first-order valence-corrected chi connectivity index (χ1v) is 38.9. The number of carbonyl (C=O) groups is 1. The normalized spacial score (nSPS) is 14.1. The summed E-state index contributed by atoms with van der Waals surface area (Å²) in [6.07, 6.45) is 97.3. The second-order valence-electron chi connectivity index (χ2n) is 26.6. The van der Waals surface area contributed by atoms with Crippen LogP contribution in [0.5, 0.6) is 0 Å². The number of nitrogens with zero attached hydrogens (tertiary/aromatic N) is 1. The molecule has 0 saturated heterocycles. The number of amides is 1. The van der Waals surface area contributed by atoms with Crippen molar-refractivity contribution in [1.29, 1.82) is 0 Å². The molecule has 508 valence electrons. The number of carbonyl (C=O) groups excluding carboxylic acids is 1. The molecule has 9 heteroatoms. The molecule has 0 aromatic rings. The summed E-state index contributed by atoms with van der Waals surface area (Å²) in [5.41, 5.74) is 0. The van der Waals surface area contributed by atoms with Crippen molar-refractivity contribution in [2.45, 2.75) is 366 Å². The molecule has 0 aliphatic carbocycles. The lowest BCUT2D eigenvalue weighted by Crippen LogP contribution is -2.45. The maximum absolute atomic E-state index is 13.1. The molecular formula is C78H145N2O6P. The van der Waals surface area contributed by atoms with Gasteiger partial charge in [0.2, 0.25) is 5.91 Å². The molecule has 0 rings (SSSR count). The second-order valence-corrected chi connectivity index (χ2v) is 28.0. The highest BCUT2D eigenvalue weighted by molar-refractivity contribution is 7.45. The van der Waals surface area contributed by atoms with Gasteiger partial charge >= 0.3 is 0 Å². The molecule has 3 unspecified atom stereocenters. The van der Waals surface area contributed by atoms with Crippen molar-refractivity contribution in [3.05, 3.63) is 85.1 Å². The van der Waals surface area contributed by atoms with Gasteiger partial charge in [-0.2, -0.15) is 0 Å². The van der Waals surface area contributed by atoms with Gasteiger partial charge in [0.1, 0.15) is 13.2 Å². The van der Waals surface area contributed by atoms with Crippen LogP contribution in [0.2, 0.25) is 0 Å². The fraction of sp³-hybridized carbons (Fsp3) is 0.808. The molecule has 0 fully saturated rings. The quantitative estimate of drug-likeness (QED) is 0.0272. The predicted octanol–water partition coefficient (Wildman–Crippen LogP) is 23.6. The number of quaternary nitrogens is 1. The van der Waals surface area contributed by atoms with Crippen LogP contribution in [-0.4, -0.2) is 68.5 Å². The molecule has 87 heavy (non-hydrogen) atoms. The van der Waals surface area contributed by atoms with Crippen molar-refractivity contribution in [1.82, 2.24) is 5.32 Å². The third kappa shape index (κ3) is 71.0. The second kappa shape index (κ2) is 68.1. The van der Waals surface area contributed by atoms with Gasteiger partial charge in [0.25, 0.3) is 7.82 Å². The third-order valence-corrected chi connectivity index (χ3v) is 17.8. The lowest BCUT2D eigenvalue weighted by atomic mass is 10.0.